The Balaban J connectivity index is 2.94. The summed E-state index contributed by atoms with van der Waals surface area (Å²) in [7, 11) is -1.17. The minimum absolute atomic E-state index is 0.128. The van der Waals surface area contributed by atoms with E-state index in [1.807, 2.05) is 0 Å². The molecule has 0 amide bonds. The zero-order chi connectivity index (χ0) is 16.3. The summed E-state index contributed by atoms with van der Waals surface area (Å²) in [6.07, 6.45) is -5.60. The molecule has 0 heterocycles. The highest BCUT2D eigenvalue weighted by molar-refractivity contribution is 7.89. The van der Waals surface area contributed by atoms with Gasteiger partial charge in [0.1, 0.15) is 0 Å². The first-order valence-electron chi connectivity index (χ1n) is 6.04. The lowest BCUT2D eigenvalue weighted by Gasteiger charge is -2.18. The molecule has 1 aromatic carbocycles. The molecule has 0 fully saturated rings. The van der Waals surface area contributed by atoms with Crippen molar-refractivity contribution in [1.82, 2.24) is 9.62 Å². The molecule has 4 nitrogen and oxygen atoms in total. The van der Waals surface area contributed by atoms with Crippen molar-refractivity contribution in [3.05, 3.63) is 28.8 Å². The topological polar surface area (TPSA) is 49.4 Å². The Morgan fingerprint density at radius 1 is 1.33 bits per heavy atom. The summed E-state index contributed by atoms with van der Waals surface area (Å²) in [5.41, 5.74) is 0.705. The number of nitrogens with zero attached hydrogens (tertiary/aromatic N) is 1. The van der Waals surface area contributed by atoms with Crippen molar-refractivity contribution in [3.63, 3.8) is 0 Å². The van der Waals surface area contributed by atoms with Gasteiger partial charge in [0.15, 0.2) is 0 Å². The molecule has 0 spiro atoms. The van der Waals surface area contributed by atoms with Crippen molar-refractivity contribution in [2.24, 2.45) is 0 Å². The molecular formula is C12H16ClF3N2O2S. The number of benzene rings is 1. The van der Waals surface area contributed by atoms with Crippen LogP contribution in [-0.2, 0) is 16.6 Å². The largest absolute Gasteiger partial charge is 0.390 e. The van der Waals surface area contributed by atoms with E-state index >= 15 is 0 Å². The number of sulfonamides is 1. The molecule has 0 saturated heterocycles. The average Bonchev–Trinajstić information content (AvgIpc) is 2.37. The molecular weight excluding hydrogens is 329 g/mol. The van der Waals surface area contributed by atoms with Gasteiger partial charge in [0.05, 0.1) is 11.3 Å². The summed E-state index contributed by atoms with van der Waals surface area (Å²) in [5, 5.41) is 3.12. The van der Waals surface area contributed by atoms with Gasteiger partial charge < -0.3 is 5.32 Å². The molecule has 1 N–H and O–H groups in total. The summed E-state index contributed by atoms with van der Waals surface area (Å²) in [4.78, 5) is -0.128. The van der Waals surface area contributed by atoms with Gasteiger partial charge in [-0.25, -0.2) is 12.7 Å². The highest BCUT2D eigenvalue weighted by atomic mass is 35.5. The van der Waals surface area contributed by atoms with E-state index in [0.717, 1.165) is 7.05 Å². The predicted molar refractivity (Wildman–Crippen MR) is 74.7 cm³/mol. The molecule has 0 saturated carbocycles. The van der Waals surface area contributed by atoms with Crippen molar-refractivity contribution in [3.8, 4) is 0 Å². The smallest absolute Gasteiger partial charge is 0.316 e. The van der Waals surface area contributed by atoms with Crippen molar-refractivity contribution in [2.75, 3.05) is 20.6 Å². The maximum atomic E-state index is 12.2. The van der Waals surface area contributed by atoms with Crippen LogP contribution in [0.4, 0.5) is 13.2 Å². The van der Waals surface area contributed by atoms with Gasteiger partial charge in [-0.15, -0.1) is 0 Å². The Kier molecular flexibility index (Phi) is 6.03. The second-order valence-electron chi connectivity index (χ2n) is 4.48. The highest BCUT2D eigenvalue weighted by Crippen LogP contribution is 2.25. The number of rotatable bonds is 6. The number of nitrogens with one attached hydrogen (secondary N) is 1. The van der Waals surface area contributed by atoms with Crippen LogP contribution in [0.5, 0.6) is 0 Å². The Labute approximate surface area is 126 Å². The molecule has 0 radical (unpaired) electrons. The second-order valence-corrected chi connectivity index (χ2v) is 6.93. The molecule has 9 heteroatoms. The third-order valence-electron chi connectivity index (χ3n) is 2.81. The standard InChI is InChI=1S/C12H16ClF3N2O2S/c1-17-8-9-3-4-10(7-11(9)13)21(19,20)18(2)6-5-12(14,15)16/h3-4,7,17H,5-6,8H2,1-2H3. The van der Waals surface area contributed by atoms with Gasteiger partial charge in [0, 0.05) is 25.2 Å². The van der Waals surface area contributed by atoms with Crippen LogP contribution in [-0.4, -0.2) is 39.5 Å². The first-order chi connectivity index (χ1) is 9.58. The fourth-order valence-electron chi connectivity index (χ4n) is 1.61. The maximum absolute atomic E-state index is 12.2. The van der Waals surface area contributed by atoms with Gasteiger partial charge in [-0.1, -0.05) is 17.7 Å². The quantitative estimate of drug-likeness (QED) is 0.863. The van der Waals surface area contributed by atoms with Crippen LogP contribution < -0.4 is 5.32 Å². The number of halogens is 4. The lowest BCUT2D eigenvalue weighted by atomic mass is 10.2. The molecule has 0 aliphatic heterocycles. The van der Waals surface area contributed by atoms with Gasteiger partial charge in [0.25, 0.3) is 0 Å². The van der Waals surface area contributed by atoms with Gasteiger partial charge in [0.2, 0.25) is 10.0 Å². The average molecular weight is 345 g/mol. The minimum atomic E-state index is -4.40. The number of hydrogen-bond donors (Lipinski definition) is 1. The lowest BCUT2D eigenvalue weighted by molar-refractivity contribution is -0.135. The van der Waals surface area contributed by atoms with E-state index in [9.17, 15) is 21.6 Å². The Hall–Kier alpha value is -0.830. The van der Waals surface area contributed by atoms with Crippen molar-refractivity contribution < 1.29 is 21.6 Å². The molecule has 0 bridgehead atoms. The van der Waals surface area contributed by atoms with Crippen LogP contribution in [0.2, 0.25) is 5.02 Å². The first kappa shape index (κ1) is 18.2. The molecule has 1 aromatic rings. The Bertz CT molecular complexity index is 591. The van der Waals surface area contributed by atoms with Crippen LogP contribution in [0.3, 0.4) is 0 Å². The van der Waals surface area contributed by atoms with E-state index in [4.69, 9.17) is 11.6 Å². The third-order valence-corrected chi connectivity index (χ3v) is 5.01. The molecule has 21 heavy (non-hydrogen) atoms. The Morgan fingerprint density at radius 2 is 1.95 bits per heavy atom. The van der Waals surface area contributed by atoms with E-state index < -0.39 is 29.2 Å². The predicted octanol–water partition coefficient (Wildman–Crippen LogP) is 2.63. The van der Waals surface area contributed by atoms with E-state index in [-0.39, 0.29) is 9.92 Å². The van der Waals surface area contributed by atoms with E-state index in [2.05, 4.69) is 5.32 Å². The Morgan fingerprint density at radius 3 is 2.43 bits per heavy atom. The molecule has 0 aliphatic rings. The first-order valence-corrected chi connectivity index (χ1v) is 7.86. The van der Waals surface area contributed by atoms with Crippen LogP contribution >= 0.6 is 11.6 Å². The molecule has 0 aromatic heterocycles. The summed E-state index contributed by atoms with van der Waals surface area (Å²) >= 11 is 5.97. The number of hydrogen-bond acceptors (Lipinski definition) is 3. The van der Waals surface area contributed by atoms with E-state index in [1.54, 1.807) is 7.05 Å². The molecule has 0 aliphatic carbocycles. The zero-order valence-electron chi connectivity index (χ0n) is 11.5. The fourth-order valence-corrected chi connectivity index (χ4v) is 3.12. The lowest BCUT2D eigenvalue weighted by Crippen LogP contribution is -2.30. The fraction of sp³-hybridized carbons (Fsp3) is 0.500. The van der Waals surface area contributed by atoms with Crippen molar-refractivity contribution in [1.29, 1.82) is 0 Å². The summed E-state index contributed by atoms with van der Waals surface area (Å²) in [6.45, 7) is -0.176. The summed E-state index contributed by atoms with van der Waals surface area (Å²) in [5.74, 6) is 0. The highest BCUT2D eigenvalue weighted by Gasteiger charge is 2.30. The maximum Gasteiger partial charge on any atom is 0.390 e. The molecule has 1 rings (SSSR count). The van der Waals surface area contributed by atoms with Crippen molar-refractivity contribution in [2.45, 2.75) is 24.0 Å². The second kappa shape index (κ2) is 6.95. The molecule has 0 atom stereocenters. The number of alkyl halides is 3. The molecule has 0 unspecified atom stereocenters. The van der Waals surface area contributed by atoms with Crippen LogP contribution in [0, 0.1) is 0 Å². The zero-order valence-corrected chi connectivity index (χ0v) is 13.1. The third kappa shape index (κ3) is 5.14. The van der Waals surface area contributed by atoms with Gasteiger partial charge in [-0.2, -0.15) is 13.2 Å². The van der Waals surface area contributed by atoms with Gasteiger partial charge in [-0.3, -0.25) is 0 Å². The van der Waals surface area contributed by atoms with E-state index in [1.165, 1.54) is 18.2 Å². The van der Waals surface area contributed by atoms with Crippen LogP contribution in [0.15, 0.2) is 23.1 Å². The SMILES string of the molecule is CNCc1ccc(S(=O)(=O)N(C)CCC(F)(F)F)cc1Cl. The van der Waals surface area contributed by atoms with Gasteiger partial charge >= 0.3 is 6.18 Å². The summed E-state index contributed by atoms with van der Waals surface area (Å²) < 4.78 is 61.5. The van der Waals surface area contributed by atoms with Gasteiger partial charge in [-0.05, 0) is 24.7 Å². The van der Waals surface area contributed by atoms with Crippen molar-refractivity contribution >= 4 is 21.6 Å². The summed E-state index contributed by atoms with van der Waals surface area (Å²) in [6, 6.07) is 4.11. The minimum Gasteiger partial charge on any atom is -0.316 e. The van der Waals surface area contributed by atoms with Crippen LogP contribution in [0.1, 0.15) is 12.0 Å². The monoisotopic (exact) mass is 344 g/mol. The normalized spacial score (nSPS) is 12.9. The molecule has 120 valence electrons. The van der Waals surface area contributed by atoms with E-state index in [0.29, 0.717) is 16.4 Å². The van der Waals surface area contributed by atoms with Crippen LogP contribution in [0.25, 0.3) is 0 Å².